The van der Waals surface area contributed by atoms with Crippen LogP contribution in [0.5, 0.6) is 0 Å². The number of hydrogen-bond donors (Lipinski definition) is 0. The molecule has 0 unspecified atom stereocenters. The maximum Gasteiger partial charge on any atom is 0.225 e. The molecule has 9 heteroatoms. The normalized spacial score (nSPS) is 14.4. The summed E-state index contributed by atoms with van der Waals surface area (Å²) < 4.78 is 14.1. The van der Waals surface area contributed by atoms with Gasteiger partial charge in [-0.2, -0.15) is 0 Å². The Labute approximate surface area is 211 Å². The van der Waals surface area contributed by atoms with Crippen LogP contribution < -0.4 is 4.90 Å². The van der Waals surface area contributed by atoms with Crippen molar-refractivity contribution in [3.63, 3.8) is 0 Å². The molecule has 5 rings (SSSR count). The highest BCUT2D eigenvalue weighted by Gasteiger charge is 2.27. The Morgan fingerprint density at radius 1 is 1.09 bits per heavy atom. The number of hydrogen-bond acceptors (Lipinski definition) is 7. The Morgan fingerprint density at radius 3 is 2.46 bits per heavy atom. The number of pyridine rings is 1. The molecule has 4 aromatic rings. The molecule has 1 amide bonds. The number of nitrogens with zero attached hydrogens (tertiary/aromatic N) is 4. The molecule has 1 aromatic carbocycles. The smallest absolute Gasteiger partial charge is 0.225 e. The van der Waals surface area contributed by atoms with Gasteiger partial charge in [-0.15, -0.1) is 11.3 Å². The minimum Gasteiger partial charge on any atom is -0.349 e. The van der Waals surface area contributed by atoms with Crippen LogP contribution >= 0.6 is 22.7 Å². The van der Waals surface area contributed by atoms with E-state index in [0.29, 0.717) is 4.88 Å². The quantitative estimate of drug-likeness (QED) is 0.331. The largest absolute Gasteiger partial charge is 0.349 e. The number of rotatable bonds is 6. The summed E-state index contributed by atoms with van der Waals surface area (Å²) >= 11 is 3.03. The van der Waals surface area contributed by atoms with Crippen molar-refractivity contribution in [2.75, 3.05) is 32.1 Å². The summed E-state index contributed by atoms with van der Waals surface area (Å²) in [7, 11) is 3.62. The molecular weight excluding hydrogens is 483 g/mol. The lowest BCUT2D eigenvalue weighted by atomic mass is 9.96. The van der Waals surface area contributed by atoms with Crippen LogP contribution in [0.2, 0.25) is 0 Å². The summed E-state index contributed by atoms with van der Waals surface area (Å²) in [5.74, 6) is 0.0506. The minimum atomic E-state index is -0.283. The summed E-state index contributed by atoms with van der Waals surface area (Å²) in [4.78, 5) is 39.8. The van der Waals surface area contributed by atoms with Crippen molar-refractivity contribution in [1.29, 1.82) is 0 Å². The summed E-state index contributed by atoms with van der Waals surface area (Å²) in [6.07, 6.45) is 3.64. The molecule has 3 aromatic heterocycles. The lowest BCUT2D eigenvalue weighted by molar-refractivity contribution is -0.133. The van der Waals surface area contributed by atoms with Gasteiger partial charge >= 0.3 is 0 Å². The van der Waals surface area contributed by atoms with Crippen LogP contribution in [0, 0.1) is 11.7 Å². The molecule has 180 valence electrons. The molecule has 0 bridgehead atoms. The summed E-state index contributed by atoms with van der Waals surface area (Å²) in [5, 5.41) is 0.960. The van der Waals surface area contributed by atoms with E-state index in [1.807, 2.05) is 32.3 Å². The van der Waals surface area contributed by atoms with E-state index in [1.165, 1.54) is 23.5 Å². The molecule has 0 atom stereocenters. The van der Waals surface area contributed by atoms with E-state index in [1.54, 1.807) is 34.6 Å². The van der Waals surface area contributed by atoms with Crippen molar-refractivity contribution in [2.45, 2.75) is 19.3 Å². The van der Waals surface area contributed by atoms with Gasteiger partial charge in [0.1, 0.15) is 10.6 Å². The number of thiazole rings is 1. The monoisotopic (exact) mass is 508 g/mol. The predicted molar refractivity (Wildman–Crippen MR) is 139 cm³/mol. The number of ketones is 1. The van der Waals surface area contributed by atoms with Crippen LogP contribution in [0.25, 0.3) is 20.8 Å². The van der Waals surface area contributed by atoms with E-state index in [9.17, 15) is 14.0 Å². The van der Waals surface area contributed by atoms with Crippen LogP contribution in [-0.2, 0) is 11.2 Å². The van der Waals surface area contributed by atoms with Crippen molar-refractivity contribution in [2.24, 2.45) is 5.92 Å². The van der Waals surface area contributed by atoms with Crippen LogP contribution in [0.15, 0.2) is 48.7 Å². The van der Waals surface area contributed by atoms with Crippen LogP contribution in [-0.4, -0.2) is 53.7 Å². The number of carbonyl (C=O) groups excluding carboxylic acids is 2. The number of fused-ring (bicyclic) bond motifs is 1. The number of aromatic nitrogens is 2. The van der Waals surface area contributed by atoms with Gasteiger partial charge in [-0.3, -0.25) is 14.6 Å². The number of Topliss-reactive ketones (excluding diaryl/α,β-unsaturated/α-hetero) is 1. The van der Waals surface area contributed by atoms with E-state index in [2.05, 4.69) is 9.88 Å². The molecule has 0 radical (unpaired) electrons. The second-order valence-electron chi connectivity index (χ2n) is 8.93. The standard InChI is InChI=1S/C26H25FN4O2S2/c1-30(2)25(33)18-9-11-31(12-10-18)26-29-24-23(35-26)14-22(34-24)21(32)13-16-3-8-20(28-15-16)17-4-6-19(27)7-5-17/h3-8,14-15,18H,9-13H2,1-2H3. The zero-order valence-electron chi connectivity index (χ0n) is 19.5. The molecule has 4 heterocycles. The topological polar surface area (TPSA) is 66.4 Å². The molecule has 1 fully saturated rings. The highest BCUT2D eigenvalue weighted by molar-refractivity contribution is 7.29. The molecule has 1 aliphatic rings. The predicted octanol–water partition coefficient (Wildman–Crippen LogP) is 5.29. The zero-order valence-corrected chi connectivity index (χ0v) is 21.2. The lowest BCUT2D eigenvalue weighted by Crippen LogP contribution is -2.40. The first-order valence-electron chi connectivity index (χ1n) is 11.5. The fraction of sp³-hybridized carbons (Fsp3) is 0.308. The summed E-state index contributed by atoms with van der Waals surface area (Å²) in [5.41, 5.74) is 2.41. The third kappa shape index (κ3) is 5.11. The number of benzene rings is 1. The average Bonchev–Trinajstić information content (AvgIpc) is 3.44. The molecule has 1 saturated heterocycles. The Hall–Kier alpha value is -3.17. The van der Waals surface area contributed by atoms with Gasteiger partial charge in [0.25, 0.3) is 0 Å². The van der Waals surface area contributed by atoms with Crippen molar-refractivity contribution >= 4 is 49.0 Å². The van der Waals surface area contributed by atoms with Gasteiger partial charge in [0.05, 0.1) is 15.3 Å². The van der Waals surface area contributed by atoms with Crippen molar-refractivity contribution in [3.8, 4) is 11.3 Å². The maximum atomic E-state index is 13.1. The highest BCUT2D eigenvalue weighted by Crippen LogP contribution is 2.36. The molecule has 1 aliphatic heterocycles. The van der Waals surface area contributed by atoms with Crippen LogP contribution in [0.1, 0.15) is 28.1 Å². The summed E-state index contributed by atoms with van der Waals surface area (Å²) in [6, 6.07) is 11.9. The van der Waals surface area contributed by atoms with E-state index in [0.717, 1.165) is 57.4 Å². The fourth-order valence-electron chi connectivity index (χ4n) is 4.27. The average molecular weight is 509 g/mol. The van der Waals surface area contributed by atoms with Gasteiger partial charge in [0.15, 0.2) is 10.9 Å². The van der Waals surface area contributed by atoms with Gasteiger partial charge in [-0.05, 0) is 54.8 Å². The third-order valence-electron chi connectivity index (χ3n) is 6.24. The Balaban J connectivity index is 1.22. The Bertz CT molecular complexity index is 1320. The fourth-order valence-corrected chi connectivity index (χ4v) is 6.47. The van der Waals surface area contributed by atoms with Gasteiger partial charge < -0.3 is 9.80 Å². The number of anilines is 1. The molecule has 0 N–H and O–H groups in total. The van der Waals surface area contributed by atoms with Gasteiger partial charge in [-0.1, -0.05) is 17.4 Å². The Kier molecular flexibility index (Phi) is 6.62. The molecule has 0 aliphatic carbocycles. The van der Waals surface area contributed by atoms with E-state index < -0.39 is 0 Å². The van der Waals surface area contributed by atoms with E-state index in [-0.39, 0.29) is 29.8 Å². The SMILES string of the molecule is CN(C)C(=O)C1CCN(c2nc3sc(C(=O)Cc4ccc(-c5ccc(F)cc5)nc4)cc3s2)CC1. The number of amides is 1. The molecule has 6 nitrogen and oxygen atoms in total. The first-order chi connectivity index (χ1) is 16.9. The maximum absolute atomic E-state index is 13.1. The number of carbonyl (C=O) groups is 2. The highest BCUT2D eigenvalue weighted by atomic mass is 32.1. The van der Waals surface area contributed by atoms with Gasteiger partial charge in [-0.25, -0.2) is 9.37 Å². The molecular formula is C26H25FN4O2S2. The Morgan fingerprint density at radius 2 is 1.83 bits per heavy atom. The number of piperidine rings is 1. The molecule has 0 saturated carbocycles. The van der Waals surface area contributed by atoms with Crippen molar-refractivity contribution < 1.29 is 14.0 Å². The molecule has 35 heavy (non-hydrogen) atoms. The lowest BCUT2D eigenvalue weighted by Gasteiger charge is -2.32. The summed E-state index contributed by atoms with van der Waals surface area (Å²) in [6.45, 7) is 1.63. The van der Waals surface area contributed by atoms with Crippen LogP contribution in [0.4, 0.5) is 9.52 Å². The first kappa shape index (κ1) is 23.6. The zero-order chi connectivity index (χ0) is 24.5. The van der Waals surface area contributed by atoms with Crippen LogP contribution in [0.3, 0.4) is 0 Å². The van der Waals surface area contributed by atoms with Gasteiger partial charge in [0.2, 0.25) is 5.91 Å². The number of halogens is 1. The first-order valence-corrected chi connectivity index (χ1v) is 13.1. The van der Waals surface area contributed by atoms with Crippen molar-refractivity contribution in [1.82, 2.24) is 14.9 Å². The van der Waals surface area contributed by atoms with Crippen molar-refractivity contribution in [3.05, 3.63) is 64.9 Å². The van der Waals surface area contributed by atoms with E-state index >= 15 is 0 Å². The van der Waals surface area contributed by atoms with E-state index in [4.69, 9.17) is 4.98 Å². The second-order valence-corrected chi connectivity index (χ2v) is 11.0. The molecule has 0 spiro atoms. The third-order valence-corrected chi connectivity index (χ3v) is 8.50. The van der Waals surface area contributed by atoms with Gasteiger partial charge in [0, 0.05) is 51.3 Å². The number of thiophene rings is 1. The minimum absolute atomic E-state index is 0.0427. The second kappa shape index (κ2) is 9.83.